The summed E-state index contributed by atoms with van der Waals surface area (Å²) in [4.78, 5) is 8.69. The molecule has 1 aromatic carbocycles. The van der Waals surface area contributed by atoms with E-state index >= 15 is 0 Å². The molecule has 0 spiro atoms. The van der Waals surface area contributed by atoms with Gasteiger partial charge in [0.25, 0.3) is 0 Å². The molecule has 1 aromatic heterocycles. The Hall–Kier alpha value is -2.02. The minimum absolute atomic E-state index is 0.329. The molecule has 2 N–H and O–H groups in total. The highest BCUT2D eigenvalue weighted by Gasteiger charge is 2.29. The lowest BCUT2D eigenvalue weighted by atomic mass is 10.1. The van der Waals surface area contributed by atoms with Crippen molar-refractivity contribution in [3.05, 3.63) is 42.5 Å². The SMILES string of the molecule is CCNC(=NCc1ccc(-n2cncn2)cc1)NCC1(C)CCCS1. The van der Waals surface area contributed by atoms with Gasteiger partial charge in [-0.05, 0) is 50.1 Å². The van der Waals surface area contributed by atoms with Crippen molar-refractivity contribution < 1.29 is 0 Å². The number of nitrogens with one attached hydrogen (secondary N) is 2. The van der Waals surface area contributed by atoms with E-state index in [2.05, 4.69) is 58.5 Å². The molecule has 1 saturated heterocycles. The van der Waals surface area contributed by atoms with Crippen LogP contribution >= 0.6 is 11.8 Å². The van der Waals surface area contributed by atoms with Crippen molar-refractivity contribution in [2.45, 2.75) is 38.0 Å². The average molecular weight is 359 g/mol. The molecule has 25 heavy (non-hydrogen) atoms. The Morgan fingerprint density at radius 2 is 2.16 bits per heavy atom. The smallest absolute Gasteiger partial charge is 0.191 e. The summed E-state index contributed by atoms with van der Waals surface area (Å²) in [7, 11) is 0. The summed E-state index contributed by atoms with van der Waals surface area (Å²) in [6, 6.07) is 8.24. The molecule has 1 unspecified atom stereocenters. The fourth-order valence-corrected chi connectivity index (χ4v) is 4.10. The van der Waals surface area contributed by atoms with E-state index in [1.807, 2.05) is 12.1 Å². The van der Waals surface area contributed by atoms with Gasteiger partial charge < -0.3 is 10.6 Å². The quantitative estimate of drug-likeness (QED) is 0.614. The molecule has 7 heteroatoms. The maximum Gasteiger partial charge on any atom is 0.191 e. The molecule has 0 radical (unpaired) electrons. The van der Waals surface area contributed by atoms with Crippen molar-refractivity contribution in [1.29, 1.82) is 0 Å². The molecule has 0 amide bonds. The van der Waals surface area contributed by atoms with Gasteiger partial charge in [-0.3, -0.25) is 0 Å². The summed E-state index contributed by atoms with van der Waals surface area (Å²) in [5.74, 6) is 2.15. The average Bonchev–Trinajstić information content (AvgIpc) is 3.30. The molecular formula is C18H26N6S. The van der Waals surface area contributed by atoms with Gasteiger partial charge in [0.05, 0.1) is 12.2 Å². The Balaban J connectivity index is 1.58. The van der Waals surface area contributed by atoms with Crippen molar-refractivity contribution in [3.8, 4) is 5.69 Å². The highest BCUT2D eigenvalue weighted by atomic mass is 32.2. The highest BCUT2D eigenvalue weighted by molar-refractivity contribution is 8.00. The van der Waals surface area contributed by atoms with Gasteiger partial charge in [0.2, 0.25) is 0 Å². The van der Waals surface area contributed by atoms with Gasteiger partial charge in [-0.25, -0.2) is 14.7 Å². The topological polar surface area (TPSA) is 67.1 Å². The van der Waals surface area contributed by atoms with Crippen LogP contribution in [0.15, 0.2) is 41.9 Å². The molecule has 0 bridgehead atoms. The van der Waals surface area contributed by atoms with E-state index in [1.165, 1.54) is 30.5 Å². The Labute approximate surface area is 153 Å². The molecule has 1 atom stereocenters. The minimum atomic E-state index is 0.329. The summed E-state index contributed by atoms with van der Waals surface area (Å²) in [6.07, 6.45) is 5.82. The van der Waals surface area contributed by atoms with Gasteiger partial charge in [-0.15, -0.1) is 0 Å². The second kappa shape index (κ2) is 8.38. The highest BCUT2D eigenvalue weighted by Crippen LogP contribution is 2.36. The maximum absolute atomic E-state index is 4.72. The van der Waals surface area contributed by atoms with Gasteiger partial charge in [0.15, 0.2) is 5.96 Å². The normalized spacial score (nSPS) is 20.6. The van der Waals surface area contributed by atoms with E-state index in [9.17, 15) is 0 Å². The second-order valence-electron chi connectivity index (χ2n) is 6.46. The van der Waals surface area contributed by atoms with Crippen LogP contribution in [0.3, 0.4) is 0 Å². The van der Waals surface area contributed by atoms with E-state index in [0.717, 1.165) is 24.7 Å². The summed E-state index contributed by atoms with van der Waals surface area (Å²) in [5, 5.41) is 11.0. The monoisotopic (exact) mass is 358 g/mol. The van der Waals surface area contributed by atoms with Crippen LogP contribution in [0, 0.1) is 0 Å². The zero-order chi connectivity index (χ0) is 17.5. The molecule has 134 valence electrons. The van der Waals surface area contributed by atoms with Gasteiger partial charge >= 0.3 is 0 Å². The molecule has 3 rings (SSSR count). The molecule has 1 aliphatic heterocycles. The number of aromatic nitrogens is 3. The van der Waals surface area contributed by atoms with Crippen molar-refractivity contribution in [3.63, 3.8) is 0 Å². The van der Waals surface area contributed by atoms with E-state index in [-0.39, 0.29) is 0 Å². The number of rotatable bonds is 6. The summed E-state index contributed by atoms with van der Waals surface area (Å²) in [5.41, 5.74) is 2.17. The lowest BCUT2D eigenvalue weighted by Crippen LogP contribution is -2.43. The van der Waals surface area contributed by atoms with Crippen LogP contribution in [0.5, 0.6) is 0 Å². The predicted molar refractivity (Wildman–Crippen MR) is 104 cm³/mol. The van der Waals surface area contributed by atoms with Crippen LogP contribution in [0.2, 0.25) is 0 Å². The zero-order valence-electron chi connectivity index (χ0n) is 14.9. The third-order valence-electron chi connectivity index (χ3n) is 4.31. The fraction of sp³-hybridized carbons (Fsp3) is 0.500. The summed E-state index contributed by atoms with van der Waals surface area (Å²) >= 11 is 2.06. The summed E-state index contributed by atoms with van der Waals surface area (Å²) in [6.45, 7) is 6.90. The van der Waals surface area contributed by atoms with Crippen molar-refractivity contribution in [2.24, 2.45) is 4.99 Å². The van der Waals surface area contributed by atoms with Crippen LogP contribution in [0.1, 0.15) is 32.3 Å². The molecule has 2 heterocycles. The van der Waals surface area contributed by atoms with Gasteiger partial charge in [-0.2, -0.15) is 16.9 Å². The number of thioether (sulfide) groups is 1. The third kappa shape index (κ3) is 4.98. The molecule has 1 aliphatic rings. The van der Waals surface area contributed by atoms with Crippen molar-refractivity contribution in [1.82, 2.24) is 25.4 Å². The first-order valence-electron chi connectivity index (χ1n) is 8.79. The first kappa shape index (κ1) is 17.8. The van der Waals surface area contributed by atoms with Crippen LogP contribution in [0.4, 0.5) is 0 Å². The predicted octanol–water partition coefficient (Wildman–Crippen LogP) is 2.61. The molecular weight excluding hydrogens is 332 g/mol. The van der Waals surface area contributed by atoms with Gasteiger partial charge in [0.1, 0.15) is 12.7 Å². The number of hydrogen-bond donors (Lipinski definition) is 2. The number of benzene rings is 1. The first-order chi connectivity index (χ1) is 12.2. The van der Waals surface area contributed by atoms with Gasteiger partial charge in [0, 0.05) is 17.8 Å². The third-order valence-corrected chi connectivity index (χ3v) is 5.85. The number of guanidine groups is 1. The lowest BCUT2D eigenvalue weighted by molar-refractivity contribution is 0.584. The minimum Gasteiger partial charge on any atom is -0.357 e. The Morgan fingerprint density at radius 3 is 2.80 bits per heavy atom. The zero-order valence-corrected chi connectivity index (χ0v) is 15.7. The van der Waals surface area contributed by atoms with Crippen LogP contribution < -0.4 is 10.6 Å². The van der Waals surface area contributed by atoms with E-state index in [1.54, 1.807) is 11.0 Å². The van der Waals surface area contributed by atoms with Crippen LogP contribution in [0.25, 0.3) is 5.69 Å². The van der Waals surface area contributed by atoms with E-state index < -0.39 is 0 Å². The Bertz CT molecular complexity index is 674. The fourth-order valence-electron chi connectivity index (χ4n) is 2.85. The molecule has 1 fully saturated rings. The van der Waals surface area contributed by atoms with Crippen LogP contribution in [-0.2, 0) is 6.54 Å². The Morgan fingerprint density at radius 1 is 1.32 bits per heavy atom. The van der Waals surface area contributed by atoms with E-state index in [4.69, 9.17) is 4.99 Å². The largest absolute Gasteiger partial charge is 0.357 e. The number of aliphatic imine (C=N–C) groups is 1. The molecule has 2 aromatic rings. The Kier molecular flexibility index (Phi) is 5.96. The number of nitrogens with zero attached hydrogens (tertiary/aromatic N) is 4. The first-order valence-corrected chi connectivity index (χ1v) is 9.77. The number of hydrogen-bond acceptors (Lipinski definition) is 4. The molecule has 6 nitrogen and oxygen atoms in total. The van der Waals surface area contributed by atoms with Gasteiger partial charge in [-0.1, -0.05) is 12.1 Å². The standard InChI is InChI=1S/C18H26N6S/c1-3-20-17(22-12-18(2)9-4-10-25-18)21-11-15-5-7-16(8-6-15)24-14-19-13-23-24/h5-8,13-14H,3-4,9-12H2,1-2H3,(H2,20,21,22). The second-order valence-corrected chi connectivity index (χ2v) is 8.14. The summed E-state index contributed by atoms with van der Waals surface area (Å²) < 4.78 is 2.08. The molecule has 0 aliphatic carbocycles. The lowest BCUT2D eigenvalue weighted by Gasteiger charge is -2.24. The maximum atomic E-state index is 4.72. The van der Waals surface area contributed by atoms with E-state index in [0.29, 0.717) is 11.3 Å². The van der Waals surface area contributed by atoms with Crippen molar-refractivity contribution >= 4 is 17.7 Å². The van der Waals surface area contributed by atoms with Crippen molar-refractivity contribution in [2.75, 3.05) is 18.8 Å². The van der Waals surface area contributed by atoms with Crippen LogP contribution in [-0.4, -0.2) is 44.3 Å². The molecule has 0 saturated carbocycles.